The lowest BCUT2D eigenvalue weighted by molar-refractivity contribution is 0.679. The lowest BCUT2D eigenvalue weighted by Gasteiger charge is -2.13. The molecule has 0 bridgehead atoms. The van der Waals surface area contributed by atoms with Crippen molar-refractivity contribution >= 4 is 16.9 Å². The van der Waals surface area contributed by atoms with Gasteiger partial charge >= 0.3 is 0 Å². The monoisotopic (exact) mass is 253 g/mol. The molecule has 0 unspecified atom stereocenters. The molecule has 0 saturated carbocycles. The average Bonchev–Trinajstić information content (AvgIpc) is 2.48. The number of fused-ring (bicyclic) bond motifs is 1. The van der Waals surface area contributed by atoms with Crippen LogP contribution in [0.5, 0.6) is 0 Å². The fourth-order valence-corrected chi connectivity index (χ4v) is 2.53. The molecule has 3 heteroatoms. The second kappa shape index (κ2) is 5.83. The zero-order valence-electron chi connectivity index (χ0n) is 11.1. The molecule has 0 atom stereocenters. The number of rotatable bonds is 4. The van der Waals surface area contributed by atoms with E-state index in [1.54, 1.807) is 5.57 Å². The van der Waals surface area contributed by atoms with Crippen LogP contribution in [0.25, 0.3) is 11.0 Å². The fraction of sp³-hybridized carbons (Fsp3) is 0.375. The number of nitrogens with one attached hydrogen (secondary N) is 1. The summed E-state index contributed by atoms with van der Waals surface area (Å²) >= 11 is 0. The molecule has 3 nitrogen and oxygen atoms in total. The third-order valence-corrected chi connectivity index (χ3v) is 3.59. The molecule has 1 aliphatic rings. The van der Waals surface area contributed by atoms with Crippen LogP contribution in [0, 0.1) is 0 Å². The molecule has 0 amide bonds. The summed E-state index contributed by atoms with van der Waals surface area (Å²) in [6.07, 6.45) is 10.6. The van der Waals surface area contributed by atoms with E-state index in [1.165, 1.54) is 25.7 Å². The van der Waals surface area contributed by atoms with Crippen LogP contribution in [0.15, 0.2) is 42.1 Å². The average molecular weight is 253 g/mol. The van der Waals surface area contributed by atoms with Crippen molar-refractivity contribution in [1.29, 1.82) is 0 Å². The van der Waals surface area contributed by atoms with Gasteiger partial charge in [0.2, 0.25) is 0 Å². The number of anilines is 1. The van der Waals surface area contributed by atoms with Crippen molar-refractivity contribution in [2.45, 2.75) is 32.1 Å². The van der Waals surface area contributed by atoms with Crippen LogP contribution >= 0.6 is 0 Å². The van der Waals surface area contributed by atoms with E-state index in [9.17, 15) is 0 Å². The first-order valence-corrected chi connectivity index (χ1v) is 7.05. The lowest BCUT2D eigenvalue weighted by atomic mass is 9.97. The Kier molecular flexibility index (Phi) is 3.73. The summed E-state index contributed by atoms with van der Waals surface area (Å²) in [7, 11) is 0. The van der Waals surface area contributed by atoms with Gasteiger partial charge in [0.05, 0.1) is 17.2 Å². The Bertz CT molecular complexity index is 589. The van der Waals surface area contributed by atoms with Crippen molar-refractivity contribution in [1.82, 2.24) is 9.97 Å². The van der Waals surface area contributed by atoms with Crippen molar-refractivity contribution in [3.8, 4) is 0 Å². The summed E-state index contributed by atoms with van der Waals surface area (Å²) in [5, 5.41) is 3.37. The van der Waals surface area contributed by atoms with Gasteiger partial charge in [0.15, 0.2) is 0 Å². The Balaban J connectivity index is 1.60. The molecule has 98 valence electrons. The summed E-state index contributed by atoms with van der Waals surface area (Å²) in [4.78, 5) is 8.97. The first kappa shape index (κ1) is 12.2. The highest BCUT2D eigenvalue weighted by molar-refractivity contribution is 5.75. The van der Waals surface area contributed by atoms with Gasteiger partial charge in [-0.1, -0.05) is 23.8 Å². The van der Waals surface area contributed by atoms with Crippen LogP contribution in [0.3, 0.4) is 0 Å². The van der Waals surface area contributed by atoms with Crippen molar-refractivity contribution in [3.05, 3.63) is 42.1 Å². The fourth-order valence-electron chi connectivity index (χ4n) is 2.53. The lowest BCUT2D eigenvalue weighted by Crippen LogP contribution is -2.06. The van der Waals surface area contributed by atoms with Gasteiger partial charge in [-0.2, -0.15) is 0 Å². The predicted molar refractivity (Wildman–Crippen MR) is 79.2 cm³/mol. The topological polar surface area (TPSA) is 37.8 Å². The Morgan fingerprint density at radius 3 is 2.84 bits per heavy atom. The molecule has 1 aromatic carbocycles. The highest BCUT2D eigenvalue weighted by Crippen LogP contribution is 2.20. The number of benzene rings is 1. The maximum atomic E-state index is 4.56. The molecule has 0 saturated heterocycles. The highest BCUT2D eigenvalue weighted by atomic mass is 15.0. The number of hydrogen-bond acceptors (Lipinski definition) is 3. The van der Waals surface area contributed by atoms with Crippen molar-refractivity contribution in [2.24, 2.45) is 0 Å². The molecule has 0 aliphatic heterocycles. The smallest absolute Gasteiger partial charge is 0.145 e. The Labute approximate surface area is 113 Å². The zero-order valence-corrected chi connectivity index (χ0v) is 11.1. The largest absolute Gasteiger partial charge is 0.368 e. The predicted octanol–water partition coefficient (Wildman–Crippen LogP) is 3.93. The number of hydrogen-bond donors (Lipinski definition) is 1. The third kappa shape index (κ3) is 3.11. The number of aromatic nitrogens is 2. The summed E-state index contributed by atoms with van der Waals surface area (Å²) in [5.74, 6) is 0.870. The molecule has 1 aliphatic carbocycles. The summed E-state index contributed by atoms with van der Waals surface area (Å²) < 4.78 is 0. The first-order chi connectivity index (χ1) is 9.42. The molecular formula is C16H19N3. The maximum absolute atomic E-state index is 4.56. The minimum Gasteiger partial charge on any atom is -0.368 e. The normalized spacial score (nSPS) is 15.3. The number of allylic oxidation sites excluding steroid dienone is 1. The van der Waals surface area contributed by atoms with Crippen LogP contribution in [0.4, 0.5) is 5.82 Å². The zero-order chi connectivity index (χ0) is 12.9. The van der Waals surface area contributed by atoms with E-state index in [2.05, 4.69) is 21.4 Å². The molecule has 1 aromatic heterocycles. The quantitative estimate of drug-likeness (QED) is 0.839. The Morgan fingerprint density at radius 2 is 2.00 bits per heavy atom. The van der Waals surface area contributed by atoms with Crippen LogP contribution in [-0.2, 0) is 0 Å². The summed E-state index contributed by atoms with van der Waals surface area (Å²) in [6.45, 7) is 0.943. The van der Waals surface area contributed by atoms with Crippen LogP contribution in [0.1, 0.15) is 32.1 Å². The van der Waals surface area contributed by atoms with Gasteiger partial charge in [-0.25, -0.2) is 4.98 Å². The van der Waals surface area contributed by atoms with Gasteiger partial charge in [0.25, 0.3) is 0 Å². The van der Waals surface area contributed by atoms with E-state index in [0.29, 0.717) is 0 Å². The van der Waals surface area contributed by atoms with Gasteiger partial charge in [-0.05, 0) is 44.2 Å². The van der Waals surface area contributed by atoms with Crippen molar-refractivity contribution < 1.29 is 0 Å². The van der Waals surface area contributed by atoms with Gasteiger partial charge in [0.1, 0.15) is 5.82 Å². The minimum absolute atomic E-state index is 0.870. The van der Waals surface area contributed by atoms with E-state index < -0.39 is 0 Å². The molecular weight excluding hydrogens is 234 g/mol. The van der Waals surface area contributed by atoms with Gasteiger partial charge in [0, 0.05) is 6.54 Å². The van der Waals surface area contributed by atoms with Gasteiger partial charge < -0.3 is 5.32 Å². The molecule has 3 rings (SSSR count). The SMILES string of the molecule is C1=C(CCNc2cnc3ccccc3n2)CCCC1. The number of para-hydroxylation sites is 2. The van der Waals surface area contributed by atoms with Gasteiger partial charge in [-0.15, -0.1) is 0 Å². The standard InChI is InChI=1S/C16H19N3/c1-2-6-13(7-3-1)10-11-17-16-12-18-14-8-4-5-9-15(14)19-16/h4-6,8-9,12H,1-3,7,10-11H2,(H,17,19). The molecule has 0 spiro atoms. The molecule has 1 heterocycles. The second-order valence-electron chi connectivity index (χ2n) is 5.03. The molecule has 1 N–H and O–H groups in total. The van der Waals surface area contributed by atoms with E-state index in [1.807, 2.05) is 30.5 Å². The highest BCUT2D eigenvalue weighted by Gasteiger charge is 2.03. The van der Waals surface area contributed by atoms with E-state index in [-0.39, 0.29) is 0 Å². The van der Waals surface area contributed by atoms with E-state index in [0.717, 1.165) is 29.8 Å². The van der Waals surface area contributed by atoms with Gasteiger partial charge in [-0.3, -0.25) is 4.98 Å². The number of nitrogens with zero attached hydrogens (tertiary/aromatic N) is 2. The van der Waals surface area contributed by atoms with Crippen molar-refractivity contribution in [3.63, 3.8) is 0 Å². The summed E-state index contributed by atoms with van der Waals surface area (Å²) in [6, 6.07) is 7.96. The maximum Gasteiger partial charge on any atom is 0.145 e. The Hall–Kier alpha value is -1.90. The molecule has 0 radical (unpaired) electrons. The van der Waals surface area contributed by atoms with Crippen LogP contribution < -0.4 is 5.32 Å². The Morgan fingerprint density at radius 1 is 1.11 bits per heavy atom. The van der Waals surface area contributed by atoms with Crippen LogP contribution in [0.2, 0.25) is 0 Å². The third-order valence-electron chi connectivity index (χ3n) is 3.59. The van der Waals surface area contributed by atoms with E-state index >= 15 is 0 Å². The molecule has 2 aromatic rings. The molecule has 0 fully saturated rings. The second-order valence-corrected chi connectivity index (χ2v) is 5.03. The summed E-state index contributed by atoms with van der Waals surface area (Å²) in [5.41, 5.74) is 3.49. The first-order valence-electron chi connectivity index (χ1n) is 7.05. The van der Waals surface area contributed by atoms with Crippen LogP contribution in [-0.4, -0.2) is 16.5 Å². The minimum atomic E-state index is 0.870. The van der Waals surface area contributed by atoms with E-state index in [4.69, 9.17) is 0 Å². The van der Waals surface area contributed by atoms with Crippen molar-refractivity contribution in [2.75, 3.05) is 11.9 Å². The molecule has 19 heavy (non-hydrogen) atoms.